The van der Waals surface area contributed by atoms with Gasteiger partial charge in [-0.2, -0.15) is 0 Å². The number of thiophene rings is 1. The Morgan fingerprint density at radius 2 is 2.07 bits per heavy atom. The van der Waals surface area contributed by atoms with Crippen molar-refractivity contribution in [3.05, 3.63) is 55.9 Å². The number of fused-ring (bicyclic) bond motifs is 1. The van der Waals surface area contributed by atoms with Gasteiger partial charge in [0.1, 0.15) is 5.00 Å². The summed E-state index contributed by atoms with van der Waals surface area (Å²) in [6, 6.07) is 5.46. The van der Waals surface area contributed by atoms with Crippen LogP contribution in [0.1, 0.15) is 39.2 Å². The zero-order valence-corrected chi connectivity index (χ0v) is 16.2. The molecule has 1 heterocycles. The van der Waals surface area contributed by atoms with Crippen LogP contribution in [0.5, 0.6) is 0 Å². The van der Waals surface area contributed by atoms with Crippen molar-refractivity contribution in [2.75, 3.05) is 11.8 Å². The maximum Gasteiger partial charge on any atom is 0.341 e. The second-order valence-corrected chi connectivity index (χ2v) is 9.02. The summed E-state index contributed by atoms with van der Waals surface area (Å²) in [5, 5.41) is 11.1. The van der Waals surface area contributed by atoms with Gasteiger partial charge in [-0.15, -0.1) is 11.3 Å². The summed E-state index contributed by atoms with van der Waals surface area (Å²) in [7, 11) is -2.60. The molecule has 2 aromatic rings. The number of hydrogen-bond acceptors (Lipinski definition) is 7. The van der Waals surface area contributed by atoms with Crippen molar-refractivity contribution >= 4 is 38.0 Å². The highest BCUT2D eigenvalue weighted by molar-refractivity contribution is 7.92. The highest BCUT2D eigenvalue weighted by Crippen LogP contribution is 2.39. The van der Waals surface area contributed by atoms with Crippen molar-refractivity contribution in [2.24, 2.45) is 0 Å². The molecule has 0 saturated heterocycles. The highest BCUT2D eigenvalue weighted by Gasteiger charge is 2.28. The number of anilines is 1. The summed E-state index contributed by atoms with van der Waals surface area (Å²) < 4.78 is 32.5. The number of aryl methyl sites for hydroxylation is 1. The van der Waals surface area contributed by atoms with Crippen LogP contribution in [0.15, 0.2) is 24.3 Å². The molecule has 10 heteroatoms. The number of ether oxygens (including phenoxy) is 1. The molecule has 1 aliphatic rings. The molecule has 0 bridgehead atoms. The Labute approximate surface area is 160 Å². The molecule has 27 heavy (non-hydrogen) atoms. The largest absolute Gasteiger partial charge is 0.465 e. The second-order valence-electron chi connectivity index (χ2n) is 6.19. The van der Waals surface area contributed by atoms with Crippen LogP contribution in [0.2, 0.25) is 0 Å². The number of nitro groups is 1. The van der Waals surface area contributed by atoms with Gasteiger partial charge in [0.05, 0.1) is 23.3 Å². The van der Waals surface area contributed by atoms with E-state index >= 15 is 0 Å². The topological polar surface area (TPSA) is 116 Å². The van der Waals surface area contributed by atoms with Crippen molar-refractivity contribution in [2.45, 2.75) is 31.4 Å². The van der Waals surface area contributed by atoms with Gasteiger partial charge in [-0.1, -0.05) is 12.1 Å². The van der Waals surface area contributed by atoms with E-state index in [-0.39, 0.29) is 21.8 Å². The number of methoxy groups -OCH3 is 1. The van der Waals surface area contributed by atoms with Crippen LogP contribution in [-0.4, -0.2) is 26.4 Å². The van der Waals surface area contributed by atoms with E-state index in [4.69, 9.17) is 4.74 Å². The summed E-state index contributed by atoms with van der Waals surface area (Å²) >= 11 is 1.25. The Bertz CT molecular complexity index is 997. The standard InChI is InChI=1S/C17H18N2O6S2/c1-25-17(20)15-13-7-2-3-8-14(13)26-16(15)18-27(23,24)10-11-5-4-6-12(9-11)19(21)22/h4-6,9,18H,2-3,7-8,10H2,1H3. The minimum atomic E-state index is -3.86. The van der Waals surface area contributed by atoms with Crippen molar-refractivity contribution in [3.63, 3.8) is 0 Å². The summed E-state index contributed by atoms with van der Waals surface area (Å²) in [4.78, 5) is 23.5. The minimum Gasteiger partial charge on any atom is -0.465 e. The highest BCUT2D eigenvalue weighted by atomic mass is 32.2. The first-order valence-corrected chi connectivity index (χ1v) is 10.7. The molecule has 0 atom stereocenters. The van der Waals surface area contributed by atoms with Crippen LogP contribution < -0.4 is 4.72 Å². The molecular formula is C17H18N2O6S2. The van der Waals surface area contributed by atoms with E-state index in [1.165, 1.54) is 42.7 Å². The van der Waals surface area contributed by atoms with Crippen molar-refractivity contribution in [1.82, 2.24) is 0 Å². The van der Waals surface area contributed by atoms with E-state index in [2.05, 4.69) is 4.72 Å². The summed E-state index contributed by atoms with van der Waals surface area (Å²) in [6.07, 6.45) is 3.45. The predicted octanol–water partition coefficient (Wildman–Crippen LogP) is 3.26. The molecule has 1 N–H and O–H groups in total. The molecule has 0 unspecified atom stereocenters. The van der Waals surface area contributed by atoms with E-state index in [0.29, 0.717) is 6.42 Å². The normalized spacial score (nSPS) is 13.7. The maximum absolute atomic E-state index is 12.6. The van der Waals surface area contributed by atoms with E-state index in [1.54, 1.807) is 0 Å². The molecular weight excluding hydrogens is 392 g/mol. The van der Waals surface area contributed by atoms with E-state index < -0.39 is 26.7 Å². The van der Waals surface area contributed by atoms with E-state index in [1.807, 2.05) is 0 Å². The Kier molecular flexibility index (Phi) is 5.47. The number of hydrogen-bond donors (Lipinski definition) is 1. The van der Waals surface area contributed by atoms with Gasteiger partial charge in [-0.25, -0.2) is 13.2 Å². The summed E-state index contributed by atoms with van der Waals surface area (Å²) in [5.41, 5.74) is 1.24. The number of carbonyl (C=O) groups is 1. The quantitative estimate of drug-likeness (QED) is 0.444. The Morgan fingerprint density at radius 1 is 1.33 bits per heavy atom. The fraction of sp³-hybridized carbons (Fsp3) is 0.353. The third-order valence-electron chi connectivity index (χ3n) is 4.29. The molecule has 3 rings (SSSR count). The minimum absolute atomic E-state index is 0.176. The van der Waals surface area contributed by atoms with E-state index in [9.17, 15) is 23.3 Å². The van der Waals surface area contributed by atoms with Crippen LogP contribution in [0.25, 0.3) is 0 Å². The molecule has 0 amide bonds. The first-order valence-electron chi connectivity index (χ1n) is 8.27. The average molecular weight is 410 g/mol. The number of carbonyl (C=O) groups excluding carboxylic acids is 1. The smallest absolute Gasteiger partial charge is 0.341 e. The van der Waals surface area contributed by atoms with Crippen molar-refractivity contribution in [1.29, 1.82) is 0 Å². The molecule has 1 aromatic carbocycles. The summed E-state index contributed by atoms with van der Waals surface area (Å²) in [6.45, 7) is 0. The lowest BCUT2D eigenvalue weighted by Crippen LogP contribution is -2.17. The lowest BCUT2D eigenvalue weighted by Gasteiger charge is -2.12. The Hall–Kier alpha value is -2.46. The van der Waals surface area contributed by atoms with Gasteiger partial charge >= 0.3 is 5.97 Å². The van der Waals surface area contributed by atoms with Gasteiger partial charge in [0.25, 0.3) is 5.69 Å². The van der Waals surface area contributed by atoms with Crippen molar-refractivity contribution in [3.8, 4) is 0 Å². The van der Waals surface area contributed by atoms with Gasteiger partial charge in [0, 0.05) is 17.0 Å². The Morgan fingerprint density at radius 3 is 2.78 bits per heavy atom. The van der Waals surface area contributed by atoms with Crippen LogP contribution in [-0.2, 0) is 33.4 Å². The third kappa shape index (κ3) is 4.28. The first kappa shape index (κ1) is 19.3. The fourth-order valence-corrected chi connectivity index (χ4v) is 5.86. The van der Waals surface area contributed by atoms with Crippen LogP contribution in [0, 0.1) is 10.1 Å². The molecule has 0 radical (unpaired) electrons. The van der Waals surface area contributed by atoms with Crippen LogP contribution in [0.4, 0.5) is 10.7 Å². The number of nitrogens with zero attached hydrogens (tertiary/aromatic N) is 1. The van der Waals surface area contributed by atoms with Crippen LogP contribution >= 0.6 is 11.3 Å². The second kappa shape index (κ2) is 7.65. The van der Waals surface area contributed by atoms with Crippen molar-refractivity contribution < 1.29 is 22.9 Å². The lowest BCUT2D eigenvalue weighted by molar-refractivity contribution is -0.384. The lowest BCUT2D eigenvalue weighted by atomic mass is 9.95. The number of rotatable bonds is 6. The van der Waals surface area contributed by atoms with Gasteiger partial charge in [0.2, 0.25) is 10.0 Å². The summed E-state index contributed by atoms with van der Waals surface area (Å²) in [5.74, 6) is -1.000. The molecule has 8 nitrogen and oxygen atoms in total. The third-order valence-corrected chi connectivity index (χ3v) is 6.85. The zero-order valence-electron chi connectivity index (χ0n) is 14.6. The van der Waals surface area contributed by atoms with Gasteiger partial charge in [-0.05, 0) is 36.8 Å². The molecule has 0 aliphatic heterocycles. The number of nitro benzene ring substituents is 1. The predicted molar refractivity (Wildman–Crippen MR) is 102 cm³/mol. The number of esters is 1. The molecule has 144 valence electrons. The maximum atomic E-state index is 12.6. The van der Waals surface area contributed by atoms with Gasteiger partial charge < -0.3 is 4.74 Å². The monoisotopic (exact) mass is 410 g/mol. The van der Waals surface area contributed by atoms with Gasteiger partial charge in [-0.3, -0.25) is 14.8 Å². The molecule has 1 aliphatic carbocycles. The number of benzene rings is 1. The number of sulfonamides is 1. The SMILES string of the molecule is COC(=O)c1c(NS(=O)(=O)Cc2cccc([N+](=O)[O-])c2)sc2c1CCCC2. The Balaban J connectivity index is 1.90. The molecule has 1 aromatic heterocycles. The molecule has 0 fully saturated rings. The average Bonchev–Trinajstić information content (AvgIpc) is 2.97. The van der Waals surface area contributed by atoms with Gasteiger partial charge in [0.15, 0.2) is 0 Å². The fourth-order valence-electron chi connectivity index (χ4n) is 3.11. The molecule has 0 saturated carbocycles. The van der Waals surface area contributed by atoms with E-state index in [0.717, 1.165) is 29.7 Å². The first-order chi connectivity index (χ1) is 12.8. The molecule has 0 spiro atoms. The van der Waals surface area contributed by atoms with Crippen LogP contribution in [0.3, 0.4) is 0 Å². The number of nitrogens with one attached hydrogen (secondary N) is 1. The zero-order chi connectivity index (χ0) is 19.6. The number of non-ortho nitro benzene ring substituents is 1.